The van der Waals surface area contributed by atoms with E-state index in [-0.39, 0.29) is 11.6 Å². The Morgan fingerprint density at radius 2 is 2.03 bits per heavy atom. The van der Waals surface area contributed by atoms with Gasteiger partial charge in [-0.05, 0) is 47.9 Å². The second kappa shape index (κ2) is 8.63. The molecule has 1 aliphatic carbocycles. The average molecular weight is 526 g/mol. The number of hydrogen-bond acceptors (Lipinski definition) is 4. The summed E-state index contributed by atoms with van der Waals surface area (Å²) >= 11 is 13.3. The van der Waals surface area contributed by atoms with Gasteiger partial charge in [0.25, 0.3) is 0 Å². The van der Waals surface area contributed by atoms with E-state index in [2.05, 4.69) is 17.6 Å². The van der Waals surface area contributed by atoms with Gasteiger partial charge in [-0.3, -0.25) is 4.98 Å². The highest BCUT2D eigenvalue weighted by Gasteiger charge is 2.78. The van der Waals surface area contributed by atoms with Gasteiger partial charge in [0.2, 0.25) is 0 Å². The van der Waals surface area contributed by atoms with Crippen LogP contribution in [0.5, 0.6) is 11.5 Å². The molecule has 2 aliphatic heterocycles. The van der Waals surface area contributed by atoms with E-state index in [1.165, 1.54) is 0 Å². The maximum absolute atomic E-state index is 12.1. The first-order valence-corrected chi connectivity index (χ1v) is 13.3. The number of quaternary nitrogens is 1. The molecule has 0 amide bonds. The number of aliphatic hydroxyl groups is 1. The van der Waals surface area contributed by atoms with Crippen molar-refractivity contribution in [1.29, 1.82) is 0 Å². The highest BCUT2D eigenvalue weighted by atomic mass is 35.5. The molecular weight excluding hydrogens is 495 g/mol. The van der Waals surface area contributed by atoms with Crippen LogP contribution in [0.25, 0.3) is 10.9 Å². The fourth-order valence-corrected chi connectivity index (χ4v) is 8.15. The zero-order valence-electron chi connectivity index (χ0n) is 20.6. The quantitative estimate of drug-likeness (QED) is 0.288. The zero-order valence-corrected chi connectivity index (χ0v) is 22.1. The van der Waals surface area contributed by atoms with E-state index in [0.717, 1.165) is 64.6 Å². The number of benzene rings is 2. The topological polar surface area (TPSA) is 51.6 Å². The first-order valence-electron chi connectivity index (χ1n) is 12.5. The Hall–Kier alpha value is -2.31. The molecule has 1 saturated carbocycles. The van der Waals surface area contributed by atoms with Crippen LogP contribution in [-0.4, -0.2) is 46.9 Å². The predicted molar refractivity (Wildman–Crippen MR) is 143 cm³/mol. The van der Waals surface area contributed by atoms with Crippen LogP contribution < -0.4 is 9.47 Å². The van der Waals surface area contributed by atoms with Gasteiger partial charge < -0.3 is 19.1 Å². The van der Waals surface area contributed by atoms with Crippen LogP contribution >= 0.6 is 23.2 Å². The SMILES string of the molecule is C=CC1CC23CC[N+]2(Cc2ccc(OC)c(Cl)c2Cl)C([C@H](O)c2ccnc4ccc(OC)cc24)CC13. The van der Waals surface area contributed by atoms with Gasteiger partial charge in [-0.25, -0.2) is 0 Å². The molecule has 3 aromatic rings. The number of hydrogen-bond donors (Lipinski definition) is 1. The summed E-state index contributed by atoms with van der Waals surface area (Å²) in [5, 5.41) is 14.0. The lowest BCUT2D eigenvalue weighted by Crippen LogP contribution is -2.79. The summed E-state index contributed by atoms with van der Waals surface area (Å²) in [6.07, 6.45) is 6.48. The summed E-state index contributed by atoms with van der Waals surface area (Å²) in [5.41, 5.74) is 2.91. The van der Waals surface area contributed by atoms with Crippen molar-refractivity contribution >= 4 is 34.1 Å². The average Bonchev–Trinajstić information content (AvgIpc) is 3.01. The number of rotatable bonds is 7. The van der Waals surface area contributed by atoms with E-state index < -0.39 is 6.10 Å². The third-order valence-electron chi connectivity index (χ3n) is 9.52. The van der Waals surface area contributed by atoms with Gasteiger partial charge in [0.15, 0.2) is 0 Å². The minimum absolute atomic E-state index is 0.0300. The van der Waals surface area contributed by atoms with E-state index in [9.17, 15) is 5.11 Å². The Kier molecular flexibility index (Phi) is 5.76. The van der Waals surface area contributed by atoms with E-state index in [4.69, 9.17) is 32.7 Å². The highest BCUT2D eigenvalue weighted by Crippen LogP contribution is 2.69. The van der Waals surface area contributed by atoms with Crippen LogP contribution in [0, 0.1) is 11.8 Å². The Morgan fingerprint density at radius 3 is 2.72 bits per heavy atom. The third kappa shape index (κ3) is 3.13. The van der Waals surface area contributed by atoms with Crippen LogP contribution in [-0.2, 0) is 6.54 Å². The van der Waals surface area contributed by atoms with Crippen LogP contribution in [0.2, 0.25) is 10.0 Å². The maximum Gasteiger partial charge on any atom is 0.139 e. The number of pyridine rings is 1. The lowest BCUT2D eigenvalue weighted by atomic mass is 9.54. The molecule has 2 saturated heterocycles. The van der Waals surface area contributed by atoms with Crippen molar-refractivity contribution in [3.63, 3.8) is 0 Å². The molecule has 188 valence electrons. The lowest BCUT2D eigenvalue weighted by molar-refractivity contribution is -1.05. The Labute approximate surface area is 221 Å². The molecular formula is C29H31Cl2N2O3+. The number of methoxy groups -OCH3 is 2. The molecule has 1 spiro atoms. The number of halogens is 2. The number of ether oxygens (including phenoxy) is 2. The van der Waals surface area contributed by atoms with Crippen molar-refractivity contribution in [3.05, 3.63) is 76.4 Å². The fraction of sp³-hybridized carbons (Fsp3) is 0.414. The van der Waals surface area contributed by atoms with Gasteiger partial charge in [-0.2, -0.15) is 0 Å². The summed E-state index contributed by atoms with van der Waals surface area (Å²) < 4.78 is 11.7. The molecule has 0 radical (unpaired) electrons. The fourth-order valence-electron chi connectivity index (χ4n) is 7.67. The Morgan fingerprint density at radius 1 is 1.19 bits per heavy atom. The van der Waals surface area contributed by atoms with Crippen molar-refractivity contribution in [1.82, 2.24) is 4.98 Å². The van der Waals surface area contributed by atoms with E-state index in [0.29, 0.717) is 27.6 Å². The Balaban J connectivity index is 1.44. The van der Waals surface area contributed by atoms with Crippen molar-refractivity contribution in [2.45, 2.75) is 43.5 Å². The van der Waals surface area contributed by atoms with E-state index >= 15 is 0 Å². The third-order valence-corrected chi connectivity index (χ3v) is 10.4. The van der Waals surface area contributed by atoms with Crippen molar-refractivity contribution < 1.29 is 19.1 Å². The molecule has 1 aromatic heterocycles. The molecule has 3 heterocycles. The smallest absolute Gasteiger partial charge is 0.139 e. The largest absolute Gasteiger partial charge is 0.497 e. The van der Waals surface area contributed by atoms with Gasteiger partial charge in [0.05, 0.1) is 37.7 Å². The molecule has 7 heteroatoms. The van der Waals surface area contributed by atoms with Gasteiger partial charge in [-0.15, -0.1) is 6.58 Å². The van der Waals surface area contributed by atoms with E-state index in [1.807, 2.05) is 36.4 Å². The zero-order chi connectivity index (χ0) is 25.2. The second-order valence-electron chi connectivity index (χ2n) is 10.6. The predicted octanol–water partition coefficient (Wildman–Crippen LogP) is 6.35. The normalized spacial score (nSPS) is 31.1. The highest BCUT2D eigenvalue weighted by molar-refractivity contribution is 6.43. The first kappa shape index (κ1) is 24.1. The summed E-state index contributed by atoms with van der Waals surface area (Å²) in [5.74, 6) is 2.33. The number of aromatic nitrogens is 1. The molecule has 5 unspecified atom stereocenters. The van der Waals surface area contributed by atoms with Crippen molar-refractivity contribution in [2.24, 2.45) is 11.8 Å². The standard InChI is InChI=1S/C29H31Cl2N2O3/c1-4-17-15-29-10-12-33(29,16-18-5-8-25(36-3)27(31)26(18)30)24(14-22(17)29)28(34)20-9-11-32-23-7-6-19(35-2)13-21(20)23/h4-9,11,13,17,22,24,28,34H,1,10,12,14-16H2,2-3H3/q+1/t17?,22?,24?,28-,29?,33?/m1/s1. The number of nitrogens with zero attached hydrogens (tertiary/aromatic N) is 2. The van der Waals surface area contributed by atoms with Gasteiger partial charge in [-0.1, -0.05) is 29.3 Å². The minimum atomic E-state index is -0.650. The van der Waals surface area contributed by atoms with Gasteiger partial charge in [0, 0.05) is 35.9 Å². The number of fused-ring (bicyclic) bond motifs is 1. The van der Waals surface area contributed by atoms with Crippen LogP contribution in [0.4, 0.5) is 0 Å². The van der Waals surface area contributed by atoms with Crippen molar-refractivity contribution in [3.8, 4) is 11.5 Å². The maximum atomic E-state index is 12.1. The summed E-state index contributed by atoms with van der Waals surface area (Å²) in [6, 6.07) is 11.7. The van der Waals surface area contributed by atoms with Gasteiger partial charge >= 0.3 is 0 Å². The molecule has 2 aromatic carbocycles. The Bertz CT molecular complexity index is 1360. The molecule has 36 heavy (non-hydrogen) atoms. The van der Waals surface area contributed by atoms with Crippen LogP contribution in [0.1, 0.15) is 36.5 Å². The molecule has 0 bridgehead atoms. The molecule has 6 rings (SSSR count). The molecule has 3 aliphatic rings. The van der Waals surface area contributed by atoms with Gasteiger partial charge in [0.1, 0.15) is 40.8 Å². The van der Waals surface area contributed by atoms with Crippen molar-refractivity contribution in [2.75, 3.05) is 20.8 Å². The first-order chi connectivity index (χ1) is 17.4. The van der Waals surface area contributed by atoms with Crippen LogP contribution in [0.15, 0.2) is 55.3 Å². The number of aliphatic hydroxyl groups excluding tert-OH is 1. The number of allylic oxidation sites excluding steroid dienone is 1. The molecule has 5 nitrogen and oxygen atoms in total. The summed E-state index contributed by atoms with van der Waals surface area (Å²) in [4.78, 5) is 4.53. The lowest BCUT2D eigenvalue weighted by Gasteiger charge is -2.67. The molecule has 3 fully saturated rings. The monoisotopic (exact) mass is 525 g/mol. The minimum Gasteiger partial charge on any atom is -0.497 e. The molecule has 1 N–H and O–H groups in total. The van der Waals surface area contributed by atoms with E-state index in [1.54, 1.807) is 20.4 Å². The van der Waals surface area contributed by atoms with Crippen LogP contribution in [0.3, 0.4) is 0 Å². The molecule has 6 atom stereocenters. The summed E-state index contributed by atoms with van der Waals surface area (Å²) in [7, 11) is 3.25. The summed E-state index contributed by atoms with van der Waals surface area (Å²) in [6.45, 7) is 5.86. The second-order valence-corrected chi connectivity index (χ2v) is 11.3.